The third-order valence-corrected chi connectivity index (χ3v) is 11.4. The van der Waals surface area contributed by atoms with Crippen LogP contribution in [-0.4, -0.2) is 5.84 Å². The molecule has 10 aromatic rings. The van der Waals surface area contributed by atoms with E-state index < -0.39 is 0 Å². The van der Waals surface area contributed by atoms with Gasteiger partial charge in [-0.15, -0.1) is 11.3 Å². The zero-order chi connectivity index (χ0) is 33.5. The Balaban J connectivity index is 1.11. The van der Waals surface area contributed by atoms with Crippen LogP contribution in [0.15, 0.2) is 165 Å². The van der Waals surface area contributed by atoms with Crippen molar-refractivity contribution < 1.29 is 8.83 Å². The van der Waals surface area contributed by atoms with Crippen LogP contribution in [0.2, 0.25) is 0 Å². The fraction of sp³-hybridized carbons (Fsp3) is 0.0444. The van der Waals surface area contributed by atoms with Gasteiger partial charge in [-0.1, -0.05) is 127 Å². The minimum atomic E-state index is -0.350. The number of benzene rings is 7. The number of furan rings is 2. The molecule has 3 aromatic heterocycles. The Labute approximate surface area is 296 Å². The largest absolute Gasteiger partial charge is 0.456 e. The summed E-state index contributed by atoms with van der Waals surface area (Å²) in [5.74, 6) is 0.773. The SMILES string of the molecule is c1ccc(C2NC(c3cccc4c3oc3c(-c5cccc6c5sc5ccccc56)cccc34)=NC(c3cccc4oc5ccccc5c34)N2)cc1. The third kappa shape index (κ3) is 4.40. The van der Waals surface area contributed by atoms with Crippen LogP contribution in [-0.2, 0) is 0 Å². The van der Waals surface area contributed by atoms with Crippen molar-refractivity contribution in [2.75, 3.05) is 0 Å². The molecule has 4 heterocycles. The first kappa shape index (κ1) is 28.6. The van der Waals surface area contributed by atoms with Gasteiger partial charge in [0.15, 0.2) is 0 Å². The normalized spacial score (nSPS) is 16.4. The lowest BCUT2D eigenvalue weighted by atomic mass is 9.99. The van der Waals surface area contributed by atoms with Gasteiger partial charge in [0.05, 0.1) is 5.56 Å². The third-order valence-electron chi connectivity index (χ3n) is 10.2. The number of rotatable bonds is 4. The van der Waals surface area contributed by atoms with Crippen molar-refractivity contribution in [2.45, 2.75) is 12.3 Å². The van der Waals surface area contributed by atoms with Crippen molar-refractivity contribution in [1.82, 2.24) is 10.6 Å². The molecule has 0 fully saturated rings. The molecule has 0 saturated carbocycles. The van der Waals surface area contributed by atoms with E-state index >= 15 is 0 Å². The van der Waals surface area contributed by atoms with Gasteiger partial charge in [0.2, 0.25) is 0 Å². The van der Waals surface area contributed by atoms with Gasteiger partial charge in [0, 0.05) is 58.4 Å². The molecule has 0 amide bonds. The first-order valence-electron chi connectivity index (χ1n) is 17.2. The van der Waals surface area contributed by atoms with Crippen LogP contribution < -0.4 is 10.6 Å². The standard InChI is InChI=1S/C45H29N3O2S/c1-2-12-26(13-3-1)43-46-44(34-21-11-24-37-39(34)33-15-4-6-23-36(33)49-37)48-45(47-43)35-22-9-17-29-28-16-8-18-30(40(28)50-41(29)35)32-20-10-19-31-27-14-5-7-25-38(27)51-42(31)32/h1-25,43-44,46H,(H,47,48). The van der Waals surface area contributed by atoms with Crippen LogP contribution in [0.1, 0.15) is 29.0 Å². The highest BCUT2D eigenvalue weighted by Gasteiger charge is 2.29. The van der Waals surface area contributed by atoms with Crippen molar-refractivity contribution in [1.29, 1.82) is 0 Å². The average molecular weight is 676 g/mol. The molecule has 0 saturated heterocycles. The van der Waals surface area contributed by atoms with Gasteiger partial charge in [-0.3, -0.25) is 5.32 Å². The summed E-state index contributed by atoms with van der Waals surface area (Å²) in [5.41, 5.74) is 8.79. The minimum absolute atomic E-state index is 0.196. The molecule has 242 valence electrons. The second-order valence-electron chi connectivity index (χ2n) is 13.1. The van der Waals surface area contributed by atoms with Gasteiger partial charge in [-0.2, -0.15) is 0 Å². The summed E-state index contributed by atoms with van der Waals surface area (Å²) in [6.45, 7) is 0. The van der Waals surface area contributed by atoms with Gasteiger partial charge >= 0.3 is 0 Å². The lowest BCUT2D eigenvalue weighted by molar-refractivity contribution is 0.410. The molecule has 1 aliphatic heterocycles. The van der Waals surface area contributed by atoms with Crippen molar-refractivity contribution in [3.63, 3.8) is 0 Å². The van der Waals surface area contributed by atoms with E-state index in [1.54, 1.807) is 0 Å². The van der Waals surface area contributed by atoms with Gasteiger partial charge in [0.1, 0.15) is 40.5 Å². The Hall–Kier alpha value is -6.21. The summed E-state index contributed by atoms with van der Waals surface area (Å²) in [6, 6.07) is 53.0. The smallest absolute Gasteiger partial charge is 0.146 e. The molecule has 2 atom stereocenters. The molecule has 0 radical (unpaired) electrons. The molecule has 0 bridgehead atoms. The topological polar surface area (TPSA) is 62.7 Å². The quantitative estimate of drug-likeness (QED) is 0.195. The molecule has 0 aliphatic carbocycles. The van der Waals surface area contributed by atoms with E-state index in [1.165, 1.54) is 25.7 Å². The predicted molar refractivity (Wildman–Crippen MR) is 210 cm³/mol. The molecule has 1 aliphatic rings. The second kappa shape index (κ2) is 11.2. The summed E-state index contributed by atoms with van der Waals surface area (Å²) in [7, 11) is 0. The molecule has 7 aromatic carbocycles. The van der Waals surface area contributed by atoms with E-state index in [1.807, 2.05) is 35.6 Å². The maximum Gasteiger partial charge on any atom is 0.146 e. The number of para-hydroxylation sites is 3. The first-order valence-corrected chi connectivity index (χ1v) is 18.0. The number of amidine groups is 1. The van der Waals surface area contributed by atoms with Crippen LogP contribution >= 0.6 is 11.3 Å². The second-order valence-corrected chi connectivity index (χ2v) is 14.2. The van der Waals surface area contributed by atoms with Gasteiger partial charge in [-0.05, 0) is 29.8 Å². The van der Waals surface area contributed by atoms with Gasteiger partial charge < -0.3 is 14.2 Å². The average Bonchev–Trinajstić information content (AvgIpc) is 3.89. The molecular weight excluding hydrogens is 647 g/mol. The number of aliphatic imine (C=N–C) groups is 1. The Morgan fingerprint density at radius 3 is 2.02 bits per heavy atom. The van der Waals surface area contributed by atoms with Gasteiger partial charge in [-0.25, -0.2) is 4.99 Å². The van der Waals surface area contributed by atoms with Crippen LogP contribution in [0.3, 0.4) is 0 Å². The molecule has 2 unspecified atom stereocenters. The summed E-state index contributed by atoms with van der Waals surface area (Å²) >= 11 is 1.84. The number of hydrogen-bond donors (Lipinski definition) is 2. The summed E-state index contributed by atoms with van der Waals surface area (Å²) < 4.78 is 15.8. The van der Waals surface area contributed by atoms with E-state index in [4.69, 9.17) is 13.8 Å². The number of nitrogens with zero attached hydrogens (tertiary/aromatic N) is 1. The van der Waals surface area contributed by atoms with Crippen LogP contribution in [0.4, 0.5) is 0 Å². The Bertz CT molecular complexity index is 3010. The molecule has 6 heteroatoms. The van der Waals surface area contributed by atoms with Crippen molar-refractivity contribution >= 4 is 81.2 Å². The monoisotopic (exact) mass is 675 g/mol. The highest BCUT2D eigenvalue weighted by Crippen LogP contribution is 2.44. The fourth-order valence-corrected chi connectivity index (χ4v) is 9.11. The van der Waals surface area contributed by atoms with Crippen LogP contribution in [0.25, 0.3) is 75.2 Å². The first-order chi connectivity index (χ1) is 25.3. The number of thiophene rings is 1. The van der Waals surface area contributed by atoms with E-state index in [0.29, 0.717) is 0 Å². The molecule has 51 heavy (non-hydrogen) atoms. The Morgan fingerprint density at radius 1 is 0.510 bits per heavy atom. The fourth-order valence-electron chi connectivity index (χ4n) is 7.88. The van der Waals surface area contributed by atoms with E-state index in [9.17, 15) is 0 Å². The van der Waals surface area contributed by atoms with Crippen molar-refractivity contribution in [3.05, 3.63) is 168 Å². The molecule has 2 N–H and O–H groups in total. The summed E-state index contributed by atoms with van der Waals surface area (Å²) in [4.78, 5) is 5.40. The molecule has 5 nitrogen and oxygen atoms in total. The van der Waals surface area contributed by atoms with Crippen LogP contribution in [0.5, 0.6) is 0 Å². The lowest BCUT2D eigenvalue weighted by Crippen LogP contribution is -2.45. The summed E-state index contributed by atoms with van der Waals surface area (Å²) in [6.07, 6.45) is -0.546. The maximum absolute atomic E-state index is 6.99. The predicted octanol–water partition coefficient (Wildman–Crippen LogP) is 11.9. The molecule has 11 rings (SSSR count). The molecule has 0 spiro atoms. The Morgan fingerprint density at radius 2 is 1.16 bits per heavy atom. The van der Waals surface area contributed by atoms with E-state index in [2.05, 4.69) is 138 Å². The zero-order valence-corrected chi connectivity index (χ0v) is 28.1. The van der Waals surface area contributed by atoms with E-state index in [0.717, 1.165) is 72.0 Å². The van der Waals surface area contributed by atoms with Crippen molar-refractivity contribution in [3.8, 4) is 11.1 Å². The highest BCUT2D eigenvalue weighted by atomic mass is 32.1. The maximum atomic E-state index is 6.99. The minimum Gasteiger partial charge on any atom is -0.456 e. The number of nitrogens with one attached hydrogen (secondary N) is 2. The van der Waals surface area contributed by atoms with E-state index in [-0.39, 0.29) is 12.3 Å². The zero-order valence-electron chi connectivity index (χ0n) is 27.3. The van der Waals surface area contributed by atoms with Crippen LogP contribution in [0, 0.1) is 0 Å². The Kier molecular flexibility index (Phi) is 6.26. The molecular formula is C45H29N3O2S. The van der Waals surface area contributed by atoms with Crippen molar-refractivity contribution in [2.24, 2.45) is 4.99 Å². The summed E-state index contributed by atoms with van der Waals surface area (Å²) in [5, 5.41) is 14.4. The highest BCUT2D eigenvalue weighted by molar-refractivity contribution is 7.26. The number of fused-ring (bicyclic) bond motifs is 9. The lowest BCUT2D eigenvalue weighted by Gasteiger charge is -2.32. The number of hydrogen-bond acceptors (Lipinski definition) is 6. The van der Waals surface area contributed by atoms with Gasteiger partial charge in [0.25, 0.3) is 0 Å².